The molecule has 0 heterocycles. The molecule has 0 aliphatic carbocycles. The first kappa shape index (κ1) is 17.1. The van der Waals surface area contributed by atoms with Crippen LogP contribution in [0.5, 0.6) is 5.75 Å². The largest absolute Gasteiger partial charge is 0.465 e. The van der Waals surface area contributed by atoms with Gasteiger partial charge in [-0.05, 0) is 12.1 Å². The molecule has 1 rings (SSSR count). The fraction of sp³-hybridized carbons (Fsp3) is 0.300. The van der Waals surface area contributed by atoms with Crippen molar-refractivity contribution in [3.05, 3.63) is 29.6 Å². The zero-order valence-corrected chi connectivity index (χ0v) is 9.45. The average Bonchev–Trinajstić information content (AvgIpc) is 2.28. The first-order valence-corrected chi connectivity index (χ1v) is 4.81. The summed E-state index contributed by atoms with van der Waals surface area (Å²) >= 11 is 0. The lowest BCUT2D eigenvalue weighted by Gasteiger charge is -2.18. The minimum absolute atomic E-state index is 0.189. The van der Waals surface area contributed by atoms with Crippen LogP contribution in [0, 0.1) is 5.82 Å². The van der Waals surface area contributed by atoms with Gasteiger partial charge in [-0.15, -0.1) is 0 Å². The first-order valence-electron chi connectivity index (χ1n) is 4.81. The summed E-state index contributed by atoms with van der Waals surface area (Å²) in [6, 6.07) is 0.962. The van der Waals surface area contributed by atoms with Crippen molar-refractivity contribution in [3.63, 3.8) is 0 Å². The maximum absolute atomic E-state index is 13.3. The number of carbonyl (C=O) groups is 1. The van der Waals surface area contributed by atoms with E-state index in [1.807, 2.05) is 0 Å². The molecule has 118 valence electrons. The lowest BCUT2D eigenvalue weighted by molar-refractivity contribution is -0.276. The summed E-state index contributed by atoms with van der Waals surface area (Å²) in [7, 11) is 0. The molecular weight excluding hydrogens is 323 g/mol. The van der Waals surface area contributed by atoms with Crippen LogP contribution in [0.4, 0.5) is 39.5 Å². The molecular formula is C10H3F9O2. The summed E-state index contributed by atoms with van der Waals surface area (Å²) in [6.45, 7) is 0. The van der Waals surface area contributed by atoms with Gasteiger partial charge in [0, 0.05) is 0 Å². The molecule has 0 bridgehead atoms. The zero-order valence-electron chi connectivity index (χ0n) is 9.45. The fourth-order valence-electron chi connectivity index (χ4n) is 1.09. The second kappa shape index (κ2) is 5.11. The Morgan fingerprint density at radius 1 is 0.952 bits per heavy atom. The third-order valence-electron chi connectivity index (χ3n) is 2.08. The highest BCUT2D eigenvalue weighted by atomic mass is 19.4. The molecule has 11 heteroatoms. The smallest absolute Gasteiger partial charge is 0.419 e. The van der Waals surface area contributed by atoms with Crippen LogP contribution in [0.25, 0.3) is 0 Å². The highest BCUT2D eigenvalue weighted by Crippen LogP contribution is 2.38. The van der Waals surface area contributed by atoms with Gasteiger partial charge in [0.2, 0.25) is 0 Å². The molecule has 1 aromatic rings. The quantitative estimate of drug-likeness (QED) is 0.467. The molecule has 0 saturated carbocycles. The van der Waals surface area contributed by atoms with E-state index in [0.717, 1.165) is 0 Å². The summed E-state index contributed by atoms with van der Waals surface area (Å²) in [5, 5.41) is 0. The highest BCUT2D eigenvalue weighted by molar-refractivity contribution is 5.81. The van der Waals surface area contributed by atoms with Crippen molar-refractivity contribution >= 4 is 5.97 Å². The van der Waals surface area contributed by atoms with Gasteiger partial charge in [-0.2, -0.15) is 35.1 Å². The lowest BCUT2D eigenvalue weighted by Crippen LogP contribution is -2.46. The number of esters is 1. The summed E-state index contributed by atoms with van der Waals surface area (Å²) in [5.41, 5.74) is -1.98. The Morgan fingerprint density at radius 3 is 1.90 bits per heavy atom. The van der Waals surface area contributed by atoms with Crippen molar-refractivity contribution in [2.24, 2.45) is 0 Å². The van der Waals surface area contributed by atoms with Gasteiger partial charge in [0.05, 0.1) is 5.56 Å². The van der Waals surface area contributed by atoms with Crippen LogP contribution in [-0.4, -0.2) is 18.1 Å². The molecule has 1 aromatic carbocycles. The van der Waals surface area contributed by atoms with E-state index in [1.54, 1.807) is 0 Å². The average molecular weight is 326 g/mol. The highest BCUT2D eigenvalue weighted by Gasteiger charge is 2.65. The van der Waals surface area contributed by atoms with Gasteiger partial charge in [-0.1, -0.05) is 6.07 Å². The van der Waals surface area contributed by atoms with Gasteiger partial charge >= 0.3 is 24.2 Å². The molecule has 0 aliphatic rings. The molecule has 0 saturated heterocycles. The van der Waals surface area contributed by atoms with Crippen LogP contribution in [0.1, 0.15) is 5.56 Å². The SMILES string of the molecule is O=C(Oc1cccc(C(F)(F)F)c1F)C(F)(F)C(F)(F)F. The Balaban J connectivity index is 3.14. The minimum atomic E-state index is -6.33. The third kappa shape index (κ3) is 3.39. The van der Waals surface area contributed by atoms with E-state index in [4.69, 9.17) is 0 Å². The Morgan fingerprint density at radius 2 is 1.48 bits per heavy atom. The van der Waals surface area contributed by atoms with Crippen molar-refractivity contribution < 1.29 is 49.0 Å². The predicted octanol–water partition coefficient (Wildman–Crippen LogP) is 3.95. The number of benzene rings is 1. The van der Waals surface area contributed by atoms with Crippen LogP contribution in [-0.2, 0) is 11.0 Å². The van der Waals surface area contributed by atoms with Crippen molar-refractivity contribution in [2.45, 2.75) is 18.3 Å². The van der Waals surface area contributed by atoms with Crippen molar-refractivity contribution in [3.8, 4) is 5.75 Å². The summed E-state index contributed by atoms with van der Waals surface area (Å²) in [6.07, 6.45) is -11.6. The standard InChI is InChI=1S/C10H3F9O2/c11-6-4(9(14,15)16)2-1-3-5(6)21-7(20)8(12,13)10(17,18)19/h1-3H. The van der Waals surface area contributed by atoms with Crippen LogP contribution in [0.3, 0.4) is 0 Å². The lowest BCUT2D eigenvalue weighted by atomic mass is 10.2. The van der Waals surface area contributed by atoms with Gasteiger partial charge in [0.15, 0.2) is 11.6 Å². The number of ether oxygens (including phenoxy) is 1. The maximum atomic E-state index is 13.3. The van der Waals surface area contributed by atoms with E-state index in [-0.39, 0.29) is 6.07 Å². The zero-order chi connectivity index (χ0) is 16.6. The Kier molecular flexibility index (Phi) is 4.17. The number of carbonyl (C=O) groups excluding carboxylic acids is 1. The minimum Gasteiger partial charge on any atom is -0.419 e. The Labute approximate surface area is 110 Å². The maximum Gasteiger partial charge on any atom is 0.465 e. The monoisotopic (exact) mass is 326 g/mol. The number of alkyl halides is 8. The third-order valence-corrected chi connectivity index (χ3v) is 2.08. The molecule has 0 radical (unpaired) electrons. The molecule has 0 aromatic heterocycles. The second-order valence-electron chi connectivity index (χ2n) is 3.58. The van der Waals surface area contributed by atoms with Crippen LogP contribution >= 0.6 is 0 Å². The molecule has 2 nitrogen and oxygen atoms in total. The van der Waals surface area contributed by atoms with E-state index in [0.29, 0.717) is 12.1 Å². The molecule has 0 fully saturated rings. The predicted molar refractivity (Wildman–Crippen MR) is 48.0 cm³/mol. The van der Waals surface area contributed by atoms with Crippen molar-refractivity contribution in [1.29, 1.82) is 0 Å². The van der Waals surface area contributed by atoms with Crippen molar-refractivity contribution in [1.82, 2.24) is 0 Å². The van der Waals surface area contributed by atoms with E-state index in [1.165, 1.54) is 0 Å². The van der Waals surface area contributed by atoms with E-state index >= 15 is 0 Å². The van der Waals surface area contributed by atoms with Gasteiger partial charge in [-0.3, -0.25) is 0 Å². The van der Waals surface area contributed by atoms with Gasteiger partial charge < -0.3 is 4.74 Å². The molecule has 0 amide bonds. The van der Waals surface area contributed by atoms with E-state index < -0.39 is 41.4 Å². The van der Waals surface area contributed by atoms with Crippen LogP contribution < -0.4 is 4.74 Å². The molecule has 0 atom stereocenters. The first-order chi connectivity index (χ1) is 9.28. The topological polar surface area (TPSA) is 26.3 Å². The normalized spacial score (nSPS) is 13.2. The van der Waals surface area contributed by atoms with Crippen LogP contribution in [0.2, 0.25) is 0 Å². The molecule has 21 heavy (non-hydrogen) atoms. The molecule has 0 spiro atoms. The molecule has 0 N–H and O–H groups in total. The summed E-state index contributed by atoms with van der Waals surface area (Å²) < 4.78 is 114. The van der Waals surface area contributed by atoms with Gasteiger partial charge in [0.25, 0.3) is 0 Å². The number of hydrogen-bond acceptors (Lipinski definition) is 2. The fourth-order valence-corrected chi connectivity index (χ4v) is 1.09. The second-order valence-corrected chi connectivity index (χ2v) is 3.58. The summed E-state index contributed by atoms with van der Waals surface area (Å²) in [4.78, 5) is 10.7. The van der Waals surface area contributed by atoms with E-state index in [9.17, 15) is 44.3 Å². The Bertz CT molecular complexity index is 544. The van der Waals surface area contributed by atoms with Crippen molar-refractivity contribution in [2.75, 3.05) is 0 Å². The van der Waals surface area contributed by atoms with Crippen LogP contribution in [0.15, 0.2) is 18.2 Å². The number of rotatable bonds is 2. The number of hydrogen-bond donors (Lipinski definition) is 0. The number of halogens is 9. The van der Waals surface area contributed by atoms with E-state index in [2.05, 4.69) is 4.74 Å². The van der Waals surface area contributed by atoms with Gasteiger partial charge in [-0.25, -0.2) is 9.18 Å². The Hall–Kier alpha value is -1.94. The molecule has 0 aliphatic heterocycles. The van der Waals surface area contributed by atoms with Gasteiger partial charge in [0.1, 0.15) is 0 Å². The summed E-state index contributed by atoms with van der Waals surface area (Å²) in [5.74, 6) is -13.2. The molecule has 0 unspecified atom stereocenters.